The molecule has 2 rings (SSSR count). The van der Waals surface area contributed by atoms with Gasteiger partial charge in [0.05, 0.1) is 7.11 Å². The molecule has 0 atom stereocenters. The first-order chi connectivity index (χ1) is 8.81. The minimum absolute atomic E-state index is 0.153. The van der Waals surface area contributed by atoms with Crippen molar-refractivity contribution in [3.8, 4) is 5.88 Å². The molecule has 1 aromatic heterocycles. The highest BCUT2D eigenvalue weighted by Crippen LogP contribution is 2.13. The number of nitrogens with zero attached hydrogens (tertiary/aromatic N) is 1. The minimum Gasteiger partial charge on any atom is -0.480 e. The third kappa shape index (κ3) is 3.07. The number of hydrogen-bond donors (Lipinski definition) is 2. The van der Waals surface area contributed by atoms with Gasteiger partial charge in [-0.1, -0.05) is 11.6 Å². The molecule has 1 aliphatic heterocycles. The van der Waals surface area contributed by atoms with Crippen LogP contribution < -0.4 is 15.4 Å². The summed E-state index contributed by atoms with van der Waals surface area (Å²) in [5.74, 6) is 0.202. The number of nitrogens with one attached hydrogen (secondary N) is 2. The second-order valence-corrected chi connectivity index (χ2v) is 4.06. The minimum atomic E-state index is -0.153. The van der Waals surface area contributed by atoms with Crippen molar-refractivity contribution >= 4 is 5.91 Å². The van der Waals surface area contributed by atoms with Crippen molar-refractivity contribution < 1.29 is 9.53 Å². The first-order valence-corrected chi connectivity index (χ1v) is 5.97. The summed E-state index contributed by atoms with van der Waals surface area (Å²) >= 11 is 0. The number of pyridine rings is 1. The van der Waals surface area contributed by atoms with E-state index >= 15 is 0 Å². The van der Waals surface area contributed by atoms with Crippen molar-refractivity contribution in [3.63, 3.8) is 0 Å². The molecule has 5 heteroatoms. The van der Waals surface area contributed by atoms with E-state index in [9.17, 15) is 4.79 Å². The normalized spacial score (nSPS) is 14.8. The smallest absolute Gasteiger partial charge is 0.257 e. The highest BCUT2D eigenvalue weighted by molar-refractivity contribution is 5.96. The van der Waals surface area contributed by atoms with Gasteiger partial charge in [-0.05, 0) is 25.1 Å². The van der Waals surface area contributed by atoms with Crippen molar-refractivity contribution in [3.05, 3.63) is 35.5 Å². The summed E-state index contributed by atoms with van der Waals surface area (Å²) in [5.41, 5.74) is 1.72. The van der Waals surface area contributed by atoms with Crippen LogP contribution in [0.25, 0.3) is 0 Å². The SMILES string of the molecule is COc1ncccc1C(=O)NCC1=CCNCC1. The van der Waals surface area contributed by atoms with Crippen molar-refractivity contribution in [2.24, 2.45) is 0 Å². The Morgan fingerprint density at radius 3 is 3.22 bits per heavy atom. The maximum Gasteiger partial charge on any atom is 0.257 e. The highest BCUT2D eigenvalue weighted by Gasteiger charge is 2.13. The fourth-order valence-corrected chi connectivity index (χ4v) is 1.85. The van der Waals surface area contributed by atoms with Crippen molar-refractivity contribution in [1.82, 2.24) is 15.6 Å². The maximum atomic E-state index is 12.0. The van der Waals surface area contributed by atoms with Crippen LogP contribution in [0.4, 0.5) is 0 Å². The van der Waals surface area contributed by atoms with Crippen molar-refractivity contribution in [2.45, 2.75) is 6.42 Å². The van der Waals surface area contributed by atoms with E-state index in [-0.39, 0.29) is 5.91 Å². The summed E-state index contributed by atoms with van der Waals surface area (Å²) in [6.45, 7) is 2.43. The zero-order valence-electron chi connectivity index (χ0n) is 10.4. The Balaban J connectivity index is 1.97. The third-order valence-electron chi connectivity index (χ3n) is 2.84. The predicted molar refractivity (Wildman–Crippen MR) is 68.7 cm³/mol. The van der Waals surface area contributed by atoms with Gasteiger partial charge in [-0.15, -0.1) is 0 Å². The van der Waals surface area contributed by atoms with Gasteiger partial charge in [0.1, 0.15) is 5.56 Å². The van der Waals surface area contributed by atoms with Gasteiger partial charge in [-0.2, -0.15) is 0 Å². The van der Waals surface area contributed by atoms with E-state index in [2.05, 4.69) is 21.7 Å². The summed E-state index contributed by atoms with van der Waals surface area (Å²) < 4.78 is 5.06. The van der Waals surface area contributed by atoms with Crippen LogP contribution in [0.5, 0.6) is 5.88 Å². The number of ether oxygens (including phenoxy) is 1. The molecule has 0 fully saturated rings. The molecule has 0 saturated heterocycles. The number of aromatic nitrogens is 1. The van der Waals surface area contributed by atoms with Crippen molar-refractivity contribution in [2.75, 3.05) is 26.7 Å². The topological polar surface area (TPSA) is 63.2 Å². The number of carbonyl (C=O) groups excluding carboxylic acids is 1. The largest absolute Gasteiger partial charge is 0.480 e. The van der Waals surface area contributed by atoms with E-state index in [0.29, 0.717) is 18.0 Å². The molecule has 0 spiro atoms. The lowest BCUT2D eigenvalue weighted by Crippen LogP contribution is -2.29. The van der Waals surface area contributed by atoms with Gasteiger partial charge >= 0.3 is 0 Å². The van der Waals surface area contributed by atoms with Crippen LogP contribution in [0.2, 0.25) is 0 Å². The summed E-state index contributed by atoms with van der Waals surface area (Å²) in [6.07, 6.45) is 4.69. The number of hydrogen-bond acceptors (Lipinski definition) is 4. The zero-order valence-corrected chi connectivity index (χ0v) is 10.4. The van der Waals surface area contributed by atoms with Crippen LogP contribution in [0.3, 0.4) is 0 Å². The van der Waals surface area contributed by atoms with Crippen LogP contribution >= 0.6 is 0 Å². The molecule has 0 saturated carbocycles. The van der Waals surface area contributed by atoms with Gasteiger partial charge in [-0.25, -0.2) is 4.98 Å². The van der Waals surface area contributed by atoms with Gasteiger partial charge < -0.3 is 15.4 Å². The van der Waals surface area contributed by atoms with Crippen LogP contribution in [0.15, 0.2) is 30.0 Å². The van der Waals surface area contributed by atoms with E-state index in [1.54, 1.807) is 18.3 Å². The standard InChI is InChI=1S/C13H17N3O2/c1-18-13-11(3-2-6-15-13)12(17)16-9-10-4-7-14-8-5-10/h2-4,6,14H,5,7-9H2,1H3,(H,16,17). The highest BCUT2D eigenvalue weighted by atomic mass is 16.5. The second-order valence-electron chi connectivity index (χ2n) is 4.06. The average Bonchev–Trinajstić information content (AvgIpc) is 2.45. The third-order valence-corrected chi connectivity index (χ3v) is 2.84. The van der Waals surface area contributed by atoms with Gasteiger partial charge in [-0.3, -0.25) is 4.79 Å². The lowest BCUT2D eigenvalue weighted by molar-refractivity contribution is 0.0953. The first kappa shape index (κ1) is 12.6. The predicted octanol–water partition coefficient (Wildman–Crippen LogP) is 0.740. The second kappa shape index (κ2) is 6.16. The Hall–Kier alpha value is -1.88. The quantitative estimate of drug-likeness (QED) is 0.770. The van der Waals surface area contributed by atoms with Gasteiger partial charge in [0.15, 0.2) is 0 Å². The Labute approximate surface area is 106 Å². The van der Waals surface area contributed by atoms with Crippen molar-refractivity contribution in [1.29, 1.82) is 0 Å². The van der Waals surface area contributed by atoms with E-state index in [4.69, 9.17) is 4.74 Å². The summed E-state index contributed by atoms with van der Waals surface area (Å²) in [7, 11) is 1.51. The molecule has 0 radical (unpaired) electrons. The monoisotopic (exact) mass is 247 g/mol. The van der Waals surface area contributed by atoms with E-state index in [1.165, 1.54) is 12.7 Å². The summed E-state index contributed by atoms with van der Waals surface area (Å²) in [6, 6.07) is 3.43. The molecule has 0 aromatic carbocycles. The van der Waals surface area contributed by atoms with E-state index in [1.807, 2.05) is 0 Å². The molecule has 1 aliphatic rings. The molecule has 0 unspecified atom stereocenters. The van der Waals surface area contributed by atoms with Crippen LogP contribution in [0.1, 0.15) is 16.8 Å². The van der Waals surface area contributed by atoms with Gasteiger partial charge in [0.2, 0.25) is 5.88 Å². The number of rotatable bonds is 4. The van der Waals surface area contributed by atoms with E-state index in [0.717, 1.165) is 19.5 Å². The van der Waals surface area contributed by atoms with E-state index < -0.39 is 0 Å². The zero-order chi connectivity index (χ0) is 12.8. The molecule has 1 amide bonds. The molecule has 18 heavy (non-hydrogen) atoms. The first-order valence-electron chi connectivity index (χ1n) is 5.97. The molecular formula is C13H17N3O2. The fraction of sp³-hybridized carbons (Fsp3) is 0.385. The molecule has 0 bridgehead atoms. The summed E-state index contributed by atoms with van der Waals surface area (Å²) in [4.78, 5) is 16.0. The van der Waals surface area contributed by atoms with Gasteiger partial charge in [0, 0.05) is 19.3 Å². The molecule has 1 aromatic rings. The van der Waals surface area contributed by atoms with Crippen LogP contribution in [-0.4, -0.2) is 37.6 Å². The van der Waals surface area contributed by atoms with Crippen LogP contribution in [-0.2, 0) is 0 Å². The average molecular weight is 247 g/mol. The lowest BCUT2D eigenvalue weighted by Gasteiger charge is -2.15. The summed E-state index contributed by atoms with van der Waals surface area (Å²) in [5, 5.41) is 6.12. The fourth-order valence-electron chi connectivity index (χ4n) is 1.85. The number of carbonyl (C=O) groups is 1. The number of methoxy groups -OCH3 is 1. The molecule has 2 heterocycles. The Morgan fingerprint density at radius 1 is 1.61 bits per heavy atom. The molecule has 5 nitrogen and oxygen atoms in total. The number of amides is 1. The molecule has 96 valence electrons. The lowest BCUT2D eigenvalue weighted by atomic mass is 10.1. The Morgan fingerprint density at radius 2 is 2.50 bits per heavy atom. The Kier molecular flexibility index (Phi) is 4.30. The molecule has 2 N–H and O–H groups in total. The van der Waals surface area contributed by atoms with Gasteiger partial charge in [0.25, 0.3) is 5.91 Å². The van der Waals surface area contributed by atoms with Crippen LogP contribution in [0, 0.1) is 0 Å². The molecular weight excluding hydrogens is 230 g/mol. The Bertz CT molecular complexity index is 457. The maximum absolute atomic E-state index is 12.0. The molecule has 0 aliphatic carbocycles.